The van der Waals surface area contributed by atoms with E-state index in [-0.39, 0.29) is 5.91 Å². The Balaban J connectivity index is 1.41. The van der Waals surface area contributed by atoms with Gasteiger partial charge in [-0.15, -0.1) is 0 Å². The topological polar surface area (TPSA) is 70.2 Å². The molecule has 6 nitrogen and oxygen atoms in total. The molecule has 2 N–H and O–H groups in total. The Morgan fingerprint density at radius 3 is 2.36 bits per heavy atom. The number of amides is 1. The monoisotopic (exact) mass is 373 g/mol. The summed E-state index contributed by atoms with van der Waals surface area (Å²) in [7, 11) is 0. The molecule has 1 fully saturated rings. The molecule has 2 heterocycles. The van der Waals surface area contributed by atoms with Crippen LogP contribution in [0.15, 0.2) is 66.9 Å². The van der Waals surface area contributed by atoms with Gasteiger partial charge in [0.2, 0.25) is 5.95 Å². The fourth-order valence-corrected chi connectivity index (χ4v) is 3.30. The van der Waals surface area contributed by atoms with E-state index < -0.39 is 0 Å². The third-order valence-electron chi connectivity index (χ3n) is 4.76. The van der Waals surface area contributed by atoms with Gasteiger partial charge in [-0.1, -0.05) is 18.2 Å². The minimum Gasteiger partial charge on any atom is -0.372 e. The van der Waals surface area contributed by atoms with E-state index in [1.54, 1.807) is 12.3 Å². The summed E-state index contributed by atoms with van der Waals surface area (Å²) in [5.74, 6) is 0.128. The molecule has 0 unspecified atom stereocenters. The fourth-order valence-electron chi connectivity index (χ4n) is 3.30. The lowest BCUT2D eigenvalue weighted by molar-refractivity contribution is 0.102. The third kappa shape index (κ3) is 4.46. The molecule has 1 amide bonds. The minimum atomic E-state index is -0.260. The second-order valence-corrected chi connectivity index (χ2v) is 6.81. The van der Waals surface area contributed by atoms with E-state index in [2.05, 4.69) is 37.6 Å². The summed E-state index contributed by atoms with van der Waals surface area (Å²) in [6, 6.07) is 19.2. The summed E-state index contributed by atoms with van der Waals surface area (Å²) in [4.78, 5) is 23.4. The maximum absolute atomic E-state index is 12.6. The van der Waals surface area contributed by atoms with Crippen LogP contribution in [0, 0.1) is 0 Å². The Kier molecular flexibility index (Phi) is 5.47. The Labute approximate surface area is 164 Å². The maximum atomic E-state index is 12.6. The molecule has 1 saturated heterocycles. The predicted octanol–water partition coefficient (Wildman–Crippen LogP) is 4.46. The molecular formula is C22H23N5O. The van der Waals surface area contributed by atoms with Crippen molar-refractivity contribution >= 4 is 28.9 Å². The van der Waals surface area contributed by atoms with E-state index in [9.17, 15) is 4.79 Å². The van der Waals surface area contributed by atoms with Crippen molar-refractivity contribution in [1.29, 1.82) is 0 Å². The summed E-state index contributed by atoms with van der Waals surface area (Å²) >= 11 is 0. The lowest BCUT2D eigenvalue weighted by Gasteiger charge is -2.28. The molecule has 142 valence electrons. The largest absolute Gasteiger partial charge is 0.372 e. The molecule has 1 aliphatic heterocycles. The first-order valence-electron chi connectivity index (χ1n) is 9.59. The highest BCUT2D eigenvalue weighted by atomic mass is 16.1. The number of carbonyl (C=O) groups is 1. The normalized spacial score (nSPS) is 13.8. The summed E-state index contributed by atoms with van der Waals surface area (Å²) in [6.07, 6.45) is 5.37. The van der Waals surface area contributed by atoms with Gasteiger partial charge in [-0.05, 0) is 61.7 Å². The number of nitrogens with one attached hydrogen (secondary N) is 2. The molecular weight excluding hydrogens is 350 g/mol. The molecule has 0 saturated carbocycles. The van der Waals surface area contributed by atoms with Crippen molar-refractivity contribution in [2.24, 2.45) is 0 Å². The van der Waals surface area contributed by atoms with Crippen molar-refractivity contribution in [3.8, 4) is 0 Å². The van der Waals surface area contributed by atoms with Crippen LogP contribution in [0.2, 0.25) is 0 Å². The molecule has 0 aliphatic carbocycles. The number of carbonyl (C=O) groups excluding carboxylic acids is 1. The zero-order valence-electron chi connectivity index (χ0n) is 15.6. The van der Waals surface area contributed by atoms with E-state index in [1.165, 1.54) is 24.9 Å². The Morgan fingerprint density at radius 1 is 0.857 bits per heavy atom. The predicted molar refractivity (Wildman–Crippen MR) is 112 cm³/mol. The van der Waals surface area contributed by atoms with Gasteiger partial charge in [-0.25, -0.2) is 9.97 Å². The highest BCUT2D eigenvalue weighted by Crippen LogP contribution is 2.22. The quantitative estimate of drug-likeness (QED) is 0.691. The van der Waals surface area contributed by atoms with Crippen LogP contribution in [-0.2, 0) is 0 Å². The molecule has 3 aromatic rings. The van der Waals surface area contributed by atoms with Crippen molar-refractivity contribution in [2.45, 2.75) is 19.3 Å². The Bertz CT molecular complexity index is 921. The second-order valence-electron chi connectivity index (χ2n) is 6.81. The van der Waals surface area contributed by atoms with Crippen LogP contribution in [0.1, 0.15) is 29.8 Å². The number of para-hydroxylation sites is 1. The number of hydrogen-bond acceptors (Lipinski definition) is 5. The summed E-state index contributed by atoms with van der Waals surface area (Å²) in [5.41, 5.74) is 3.14. The van der Waals surface area contributed by atoms with Crippen LogP contribution in [0.4, 0.5) is 23.0 Å². The molecule has 1 aromatic heterocycles. The summed E-state index contributed by atoms with van der Waals surface area (Å²) in [6.45, 7) is 2.20. The van der Waals surface area contributed by atoms with E-state index >= 15 is 0 Å². The van der Waals surface area contributed by atoms with Crippen LogP contribution in [0.5, 0.6) is 0 Å². The first-order valence-corrected chi connectivity index (χ1v) is 9.59. The van der Waals surface area contributed by atoms with E-state index in [1.807, 2.05) is 42.5 Å². The van der Waals surface area contributed by atoms with Crippen molar-refractivity contribution < 1.29 is 4.79 Å². The molecule has 0 bridgehead atoms. The van der Waals surface area contributed by atoms with Crippen molar-refractivity contribution in [3.05, 3.63) is 72.6 Å². The van der Waals surface area contributed by atoms with Gasteiger partial charge in [0.05, 0.1) is 0 Å². The lowest BCUT2D eigenvalue weighted by Crippen LogP contribution is -2.29. The summed E-state index contributed by atoms with van der Waals surface area (Å²) < 4.78 is 0. The SMILES string of the molecule is O=C(Nc1ccc(N2CCCCC2)cc1)c1ccnc(Nc2ccccc2)n1. The Morgan fingerprint density at radius 2 is 1.61 bits per heavy atom. The summed E-state index contributed by atoms with van der Waals surface area (Å²) in [5, 5.41) is 6.00. The van der Waals surface area contributed by atoms with Gasteiger partial charge >= 0.3 is 0 Å². The van der Waals surface area contributed by atoms with Crippen molar-refractivity contribution in [1.82, 2.24) is 9.97 Å². The number of rotatable bonds is 5. The molecule has 28 heavy (non-hydrogen) atoms. The molecule has 0 radical (unpaired) electrons. The highest BCUT2D eigenvalue weighted by molar-refractivity contribution is 6.03. The standard InChI is InChI=1S/C22H23N5O/c28-21(20-13-14-23-22(26-20)25-17-7-3-1-4-8-17)24-18-9-11-19(12-10-18)27-15-5-2-6-16-27/h1,3-4,7-14H,2,5-6,15-16H2,(H,24,28)(H,23,25,26). The first kappa shape index (κ1) is 18.0. The number of benzene rings is 2. The van der Waals surface area contributed by atoms with Crippen molar-refractivity contribution in [3.63, 3.8) is 0 Å². The van der Waals surface area contributed by atoms with Gasteiger partial charge in [0.25, 0.3) is 5.91 Å². The molecule has 1 aliphatic rings. The molecule has 0 spiro atoms. The van der Waals surface area contributed by atoms with Gasteiger partial charge in [-0.2, -0.15) is 0 Å². The van der Waals surface area contributed by atoms with Gasteiger partial charge in [-0.3, -0.25) is 4.79 Å². The van der Waals surface area contributed by atoms with Gasteiger partial charge in [0.1, 0.15) is 5.69 Å². The van der Waals surface area contributed by atoms with E-state index in [0.29, 0.717) is 11.6 Å². The number of aromatic nitrogens is 2. The first-order chi connectivity index (χ1) is 13.8. The average Bonchev–Trinajstić information content (AvgIpc) is 2.76. The number of anilines is 4. The fraction of sp³-hybridized carbons (Fsp3) is 0.227. The van der Waals surface area contributed by atoms with E-state index in [0.717, 1.165) is 24.5 Å². The molecule has 2 aromatic carbocycles. The Hall–Kier alpha value is -3.41. The number of nitrogens with zero attached hydrogens (tertiary/aromatic N) is 3. The molecule has 6 heteroatoms. The zero-order chi connectivity index (χ0) is 19.2. The number of piperidine rings is 1. The van der Waals surface area contributed by atoms with Gasteiger partial charge in [0.15, 0.2) is 0 Å². The average molecular weight is 373 g/mol. The highest BCUT2D eigenvalue weighted by Gasteiger charge is 2.12. The minimum absolute atomic E-state index is 0.260. The third-order valence-corrected chi connectivity index (χ3v) is 4.76. The maximum Gasteiger partial charge on any atom is 0.274 e. The van der Waals surface area contributed by atoms with Crippen molar-refractivity contribution in [2.75, 3.05) is 28.6 Å². The zero-order valence-corrected chi connectivity index (χ0v) is 15.6. The number of hydrogen-bond donors (Lipinski definition) is 2. The van der Waals surface area contributed by atoms with Crippen LogP contribution < -0.4 is 15.5 Å². The van der Waals surface area contributed by atoms with Crippen LogP contribution >= 0.6 is 0 Å². The van der Waals surface area contributed by atoms with Gasteiger partial charge < -0.3 is 15.5 Å². The van der Waals surface area contributed by atoms with Crippen LogP contribution in [0.3, 0.4) is 0 Å². The second kappa shape index (κ2) is 8.52. The van der Waals surface area contributed by atoms with Crippen LogP contribution in [0.25, 0.3) is 0 Å². The van der Waals surface area contributed by atoms with Gasteiger partial charge in [0, 0.05) is 36.3 Å². The lowest BCUT2D eigenvalue weighted by atomic mass is 10.1. The van der Waals surface area contributed by atoms with E-state index in [4.69, 9.17) is 0 Å². The molecule has 4 rings (SSSR count). The smallest absolute Gasteiger partial charge is 0.274 e. The van der Waals surface area contributed by atoms with Crippen LogP contribution in [-0.4, -0.2) is 29.0 Å². The molecule has 0 atom stereocenters.